The van der Waals surface area contributed by atoms with Gasteiger partial charge in [-0.2, -0.15) is 0 Å². The molecule has 0 aromatic rings. The molecule has 0 unspecified atom stereocenters. The maximum Gasteiger partial charge on any atom is 0.220 e. The van der Waals surface area contributed by atoms with Crippen molar-refractivity contribution in [1.82, 2.24) is 5.32 Å². The molecule has 0 spiro atoms. The predicted octanol–water partition coefficient (Wildman–Crippen LogP) is 2.15. The van der Waals surface area contributed by atoms with Crippen LogP contribution in [0.3, 0.4) is 0 Å². The predicted molar refractivity (Wildman–Crippen MR) is 82.3 cm³/mol. The normalized spacial score (nSPS) is 19.6. The number of amides is 1. The Morgan fingerprint density at radius 3 is 2.48 bits per heavy atom. The van der Waals surface area contributed by atoms with E-state index < -0.39 is 5.54 Å². The number of nitrogens with one attached hydrogen (secondary N) is 1. The molecule has 1 aliphatic rings. The van der Waals surface area contributed by atoms with Crippen LogP contribution >= 0.6 is 0 Å². The van der Waals surface area contributed by atoms with Gasteiger partial charge in [-0.25, -0.2) is 0 Å². The van der Waals surface area contributed by atoms with Gasteiger partial charge in [-0.05, 0) is 26.2 Å². The number of carbonyl (C=O) groups is 1. The van der Waals surface area contributed by atoms with Crippen molar-refractivity contribution < 1.29 is 14.7 Å². The fourth-order valence-electron chi connectivity index (χ4n) is 2.86. The van der Waals surface area contributed by atoms with Crippen molar-refractivity contribution in [3.63, 3.8) is 0 Å². The Morgan fingerprint density at radius 1 is 1.29 bits per heavy atom. The fourth-order valence-corrected chi connectivity index (χ4v) is 2.86. The van der Waals surface area contributed by atoms with Gasteiger partial charge in [0, 0.05) is 19.6 Å². The van der Waals surface area contributed by atoms with Crippen LogP contribution in [0.15, 0.2) is 5.16 Å². The zero-order valence-electron chi connectivity index (χ0n) is 13.1. The zero-order valence-corrected chi connectivity index (χ0v) is 13.1. The first-order chi connectivity index (χ1) is 10.1. The molecule has 0 radical (unpaired) electrons. The van der Waals surface area contributed by atoms with Gasteiger partial charge in [0.2, 0.25) is 5.91 Å². The first kappa shape index (κ1) is 17.8. The minimum Gasteiger partial charge on any atom is -0.409 e. The molecule has 1 saturated carbocycles. The second-order valence-electron chi connectivity index (χ2n) is 5.68. The summed E-state index contributed by atoms with van der Waals surface area (Å²) in [4.78, 5) is 12.1. The quantitative estimate of drug-likeness (QED) is 0.221. The van der Waals surface area contributed by atoms with Gasteiger partial charge in [0.25, 0.3) is 0 Å². The van der Waals surface area contributed by atoms with E-state index >= 15 is 0 Å². The lowest BCUT2D eigenvalue weighted by Gasteiger charge is -2.35. The van der Waals surface area contributed by atoms with E-state index in [2.05, 4.69) is 10.5 Å². The molecule has 1 rings (SSSR count). The van der Waals surface area contributed by atoms with E-state index in [9.17, 15) is 4.79 Å². The van der Waals surface area contributed by atoms with Crippen LogP contribution in [0.4, 0.5) is 0 Å². The Morgan fingerprint density at radius 2 is 1.90 bits per heavy atom. The first-order valence-electron chi connectivity index (χ1n) is 8.01. The molecule has 4 N–H and O–H groups in total. The molecule has 6 heteroatoms. The largest absolute Gasteiger partial charge is 0.409 e. The summed E-state index contributed by atoms with van der Waals surface area (Å²) in [7, 11) is 0. The molecule has 0 bridgehead atoms. The van der Waals surface area contributed by atoms with Crippen molar-refractivity contribution in [2.75, 3.05) is 13.2 Å². The number of hydrogen-bond acceptors (Lipinski definition) is 4. The number of carbonyl (C=O) groups excluding carboxylic acids is 1. The van der Waals surface area contributed by atoms with Crippen molar-refractivity contribution in [3.8, 4) is 0 Å². The van der Waals surface area contributed by atoms with Gasteiger partial charge in [-0.1, -0.05) is 37.3 Å². The van der Waals surface area contributed by atoms with E-state index in [1.54, 1.807) is 0 Å². The summed E-state index contributed by atoms with van der Waals surface area (Å²) >= 11 is 0. The van der Waals surface area contributed by atoms with Crippen molar-refractivity contribution in [1.29, 1.82) is 0 Å². The van der Waals surface area contributed by atoms with Crippen molar-refractivity contribution in [2.45, 2.75) is 70.3 Å². The second-order valence-corrected chi connectivity index (χ2v) is 5.68. The van der Waals surface area contributed by atoms with Crippen LogP contribution in [0.5, 0.6) is 0 Å². The lowest BCUT2D eigenvalue weighted by molar-refractivity contribution is -0.122. The highest BCUT2D eigenvalue weighted by atomic mass is 16.5. The van der Waals surface area contributed by atoms with Gasteiger partial charge in [-0.15, -0.1) is 0 Å². The first-order valence-corrected chi connectivity index (χ1v) is 8.01. The Kier molecular flexibility index (Phi) is 8.12. The number of hydrogen-bond donors (Lipinski definition) is 3. The van der Waals surface area contributed by atoms with Crippen LogP contribution < -0.4 is 11.1 Å². The van der Waals surface area contributed by atoms with Gasteiger partial charge in [0.15, 0.2) is 5.84 Å². The molecular weight excluding hydrogens is 270 g/mol. The Balaban J connectivity index is 2.61. The summed E-state index contributed by atoms with van der Waals surface area (Å²) in [5.74, 6) is 0.0736. The van der Waals surface area contributed by atoms with Gasteiger partial charge in [0.1, 0.15) is 5.54 Å². The van der Waals surface area contributed by atoms with Crippen molar-refractivity contribution >= 4 is 11.7 Å². The summed E-state index contributed by atoms with van der Waals surface area (Å²) < 4.78 is 5.24. The van der Waals surface area contributed by atoms with Crippen LogP contribution in [-0.2, 0) is 9.53 Å². The van der Waals surface area contributed by atoms with Crippen LogP contribution in [0.1, 0.15) is 64.7 Å². The van der Waals surface area contributed by atoms with E-state index in [1.165, 1.54) is 6.42 Å². The highest BCUT2D eigenvalue weighted by Gasteiger charge is 2.36. The monoisotopic (exact) mass is 299 g/mol. The summed E-state index contributed by atoms with van der Waals surface area (Å²) in [5.41, 5.74) is 5.21. The van der Waals surface area contributed by atoms with Crippen molar-refractivity contribution in [2.24, 2.45) is 10.9 Å². The van der Waals surface area contributed by atoms with Crippen LogP contribution in [0, 0.1) is 0 Å². The number of rotatable bonds is 7. The molecule has 0 aliphatic heterocycles. The smallest absolute Gasteiger partial charge is 0.220 e. The van der Waals surface area contributed by atoms with Gasteiger partial charge in [0.05, 0.1) is 0 Å². The molecule has 0 aromatic carbocycles. The number of ether oxygens (including phenoxy) is 1. The third kappa shape index (κ3) is 5.91. The molecule has 1 aliphatic carbocycles. The summed E-state index contributed by atoms with van der Waals surface area (Å²) in [6.07, 6.45) is 7.99. The minimum absolute atomic E-state index is 0.0538. The van der Waals surface area contributed by atoms with Gasteiger partial charge >= 0.3 is 0 Å². The van der Waals surface area contributed by atoms with Crippen LogP contribution in [0.25, 0.3) is 0 Å². The standard InChI is InChI=1S/C15H29N3O3/c1-2-21-12-8-9-13(19)17-15(14(16)18-20)10-6-4-3-5-7-11-15/h20H,2-12H2,1H3,(H2,16,18)(H,17,19). The maximum absolute atomic E-state index is 12.1. The number of nitrogens with zero attached hydrogens (tertiary/aromatic N) is 1. The Hall–Kier alpha value is -1.30. The van der Waals surface area contributed by atoms with E-state index in [0.717, 1.165) is 38.5 Å². The highest BCUT2D eigenvalue weighted by molar-refractivity contribution is 5.93. The molecule has 0 heterocycles. The zero-order chi connectivity index (χ0) is 15.6. The SMILES string of the molecule is CCOCCCC(=O)NC1(C(N)=NO)CCCCCCC1. The van der Waals surface area contributed by atoms with Gasteiger partial charge in [-0.3, -0.25) is 4.79 Å². The second kappa shape index (κ2) is 9.60. The molecule has 122 valence electrons. The molecule has 0 aromatic heterocycles. The third-order valence-corrected chi connectivity index (χ3v) is 4.08. The molecule has 0 saturated heterocycles. The fraction of sp³-hybridized carbons (Fsp3) is 0.867. The number of oxime groups is 1. The Bertz CT molecular complexity index is 337. The summed E-state index contributed by atoms with van der Waals surface area (Å²) in [6, 6.07) is 0. The molecule has 1 amide bonds. The van der Waals surface area contributed by atoms with E-state index in [-0.39, 0.29) is 11.7 Å². The lowest BCUT2D eigenvalue weighted by Crippen LogP contribution is -2.57. The molecule has 21 heavy (non-hydrogen) atoms. The highest BCUT2D eigenvalue weighted by Crippen LogP contribution is 2.27. The van der Waals surface area contributed by atoms with Gasteiger partial charge < -0.3 is 21.0 Å². The topological polar surface area (TPSA) is 96.9 Å². The summed E-state index contributed by atoms with van der Waals surface area (Å²) in [6.45, 7) is 3.18. The van der Waals surface area contributed by atoms with E-state index in [1.807, 2.05) is 6.92 Å². The van der Waals surface area contributed by atoms with Crippen molar-refractivity contribution in [3.05, 3.63) is 0 Å². The van der Waals surface area contributed by atoms with E-state index in [0.29, 0.717) is 26.1 Å². The summed E-state index contributed by atoms with van der Waals surface area (Å²) in [5, 5.41) is 15.3. The average Bonchev–Trinajstić information content (AvgIpc) is 2.46. The van der Waals surface area contributed by atoms with E-state index in [4.69, 9.17) is 15.7 Å². The number of amidine groups is 1. The lowest BCUT2D eigenvalue weighted by atomic mass is 9.82. The maximum atomic E-state index is 12.1. The minimum atomic E-state index is -0.683. The molecule has 0 atom stereocenters. The Labute approximate surface area is 127 Å². The average molecular weight is 299 g/mol. The third-order valence-electron chi connectivity index (χ3n) is 4.08. The molecular formula is C15H29N3O3. The number of nitrogens with two attached hydrogens (primary N) is 1. The molecule has 6 nitrogen and oxygen atoms in total. The molecule has 1 fully saturated rings. The van der Waals surface area contributed by atoms with Crippen LogP contribution in [-0.4, -0.2) is 35.7 Å². The van der Waals surface area contributed by atoms with Crippen LogP contribution in [0.2, 0.25) is 0 Å².